The third-order valence-corrected chi connectivity index (χ3v) is 7.92. The molecule has 0 saturated carbocycles. The van der Waals surface area contributed by atoms with Gasteiger partial charge in [-0.25, -0.2) is 9.79 Å². The maximum Gasteiger partial charge on any atom is 0.338 e. The Morgan fingerprint density at radius 1 is 1.12 bits per heavy atom. The fourth-order valence-corrected chi connectivity index (χ4v) is 5.96. The second-order valence-corrected chi connectivity index (χ2v) is 10.9. The van der Waals surface area contributed by atoms with E-state index in [4.69, 9.17) is 21.1 Å². The Kier molecular flexibility index (Phi) is 8.67. The predicted octanol–water partition coefficient (Wildman–Crippen LogP) is 5.76. The summed E-state index contributed by atoms with van der Waals surface area (Å²) in [5.74, 6) is 0.271. The number of allylic oxidation sites excluding steroid dienone is 2. The van der Waals surface area contributed by atoms with Crippen LogP contribution in [0.2, 0.25) is 5.02 Å². The summed E-state index contributed by atoms with van der Waals surface area (Å²) < 4.78 is 13.5. The molecule has 0 saturated heterocycles. The van der Waals surface area contributed by atoms with Crippen molar-refractivity contribution in [3.8, 4) is 5.75 Å². The summed E-state index contributed by atoms with van der Waals surface area (Å²) in [5.41, 5.74) is 4.26. The van der Waals surface area contributed by atoms with Crippen molar-refractivity contribution in [3.63, 3.8) is 0 Å². The molecular formula is C33H29ClN2O4S. The predicted molar refractivity (Wildman–Crippen MR) is 163 cm³/mol. The Labute approximate surface area is 247 Å². The van der Waals surface area contributed by atoms with Gasteiger partial charge in [0.2, 0.25) is 0 Å². The van der Waals surface area contributed by atoms with Gasteiger partial charge in [-0.05, 0) is 72.9 Å². The van der Waals surface area contributed by atoms with Crippen LogP contribution in [0.1, 0.15) is 42.1 Å². The van der Waals surface area contributed by atoms with E-state index in [1.165, 1.54) is 11.3 Å². The number of ether oxygens (including phenoxy) is 2. The second kappa shape index (κ2) is 12.5. The number of thiazole rings is 1. The van der Waals surface area contributed by atoms with Gasteiger partial charge in [0.05, 0.1) is 28.5 Å². The summed E-state index contributed by atoms with van der Waals surface area (Å²) in [4.78, 5) is 32.1. The Bertz CT molecular complexity index is 1800. The number of halogens is 1. The normalized spacial score (nSPS) is 14.8. The Balaban J connectivity index is 1.56. The average Bonchev–Trinajstić information content (AvgIpc) is 3.27. The fourth-order valence-electron chi connectivity index (χ4n) is 4.78. The molecule has 1 aromatic heterocycles. The van der Waals surface area contributed by atoms with E-state index in [1.54, 1.807) is 30.5 Å². The van der Waals surface area contributed by atoms with Crippen molar-refractivity contribution in [1.82, 2.24) is 4.57 Å². The first kappa shape index (κ1) is 28.3. The lowest BCUT2D eigenvalue weighted by Crippen LogP contribution is -2.39. The summed E-state index contributed by atoms with van der Waals surface area (Å²) >= 11 is 7.43. The highest BCUT2D eigenvalue weighted by Gasteiger charge is 2.33. The lowest BCUT2D eigenvalue weighted by atomic mass is 9.96. The lowest BCUT2D eigenvalue weighted by Gasteiger charge is -2.24. The third-order valence-electron chi connectivity index (χ3n) is 6.69. The van der Waals surface area contributed by atoms with Crippen LogP contribution in [0.5, 0.6) is 5.75 Å². The molecule has 2 heterocycles. The molecule has 0 fully saturated rings. The molecule has 0 unspecified atom stereocenters. The number of aromatic nitrogens is 1. The molecule has 208 valence electrons. The second-order valence-electron chi connectivity index (χ2n) is 9.49. The first-order valence-electron chi connectivity index (χ1n) is 13.2. The zero-order chi connectivity index (χ0) is 28.9. The summed E-state index contributed by atoms with van der Waals surface area (Å²) in [7, 11) is 0. The van der Waals surface area contributed by atoms with Gasteiger partial charge in [0, 0.05) is 5.02 Å². The molecule has 41 heavy (non-hydrogen) atoms. The number of fused-ring (bicyclic) bond motifs is 1. The minimum absolute atomic E-state index is 0.214. The summed E-state index contributed by atoms with van der Waals surface area (Å²) in [6.07, 6.45) is 4.29. The lowest BCUT2D eigenvalue weighted by molar-refractivity contribution is -0.139. The maximum absolute atomic E-state index is 13.9. The van der Waals surface area contributed by atoms with Gasteiger partial charge >= 0.3 is 5.97 Å². The van der Waals surface area contributed by atoms with Gasteiger partial charge in [0.25, 0.3) is 5.56 Å². The van der Waals surface area contributed by atoms with Crippen LogP contribution in [0.25, 0.3) is 6.08 Å². The van der Waals surface area contributed by atoms with Crippen LogP contribution in [0.3, 0.4) is 0 Å². The van der Waals surface area contributed by atoms with Crippen LogP contribution in [0, 0.1) is 0 Å². The Morgan fingerprint density at radius 2 is 1.88 bits per heavy atom. The van der Waals surface area contributed by atoms with Crippen molar-refractivity contribution >= 4 is 35.0 Å². The van der Waals surface area contributed by atoms with Crippen molar-refractivity contribution in [1.29, 1.82) is 0 Å². The van der Waals surface area contributed by atoms with Crippen LogP contribution in [-0.4, -0.2) is 17.1 Å². The van der Waals surface area contributed by atoms with E-state index >= 15 is 0 Å². The number of nitrogens with zero attached hydrogens (tertiary/aromatic N) is 2. The molecule has 0 spiro atoms. The van der Waals surface area contributed by atoms with Crippen molar-refractivity contribution in [2.24, 2.45) is 4.99 Å². The van der Waals surface area contributed by atoms with Crippen LogP contribution in [0.4, 0.5) is 0 Å². The monoisotopic (exact) mass is 584 g/mol. The number of benzene rings is 3. The van der Waals surface area contributed by atoms with Crippen molar-refractivity contribution in [3.05, 3.63) is 144 Å². The molecule has 1 aliphatic heterocycles. The van der Waals surface area contributed by atoms with Gasteiger partial charge in [0.1, 0.15) is 12.4 Å². The van der Waals surface area contributed by atoms with Gasteiger partial charge in [-0.2, -0.15) is 0 Å². The zero-order valence-electron chi connectivity index (χ0n) is 22.8. The SMILES string of the molecule is C=CCc1cc(/C=c2/sc3n(c2=O)[C@H](c2ccc(Cl)cc2)C(C(=O)OCC)=C(C)N=3)ccc1OCc1ccccc1. The number of rotatable bonds is 9. The van der Waals surface area contributed by atoms with E-state index in [0.717, 1.165) is 28.0 Å². The standard InChI is InChI=1S/C33H29ClN2O4S/c1-4-9-25-18-23(12-17-27(25)40-20-22-10-7-6-8-11-22)19-28-31(37)36-30(24-13-15-26(34)16-14-24)29(32(38)39-5-2)21(3)35-33(36)41-28/h4,6-8,10-19,30H,1,5,9,20H2,2-3H3/b28-19+/t30-/m1/s1. The largest absolute Gasteiger partial charge is 0.489 e. The van der Waals surface area contributed by atoms with E-state index in [9.17, 15) is 9.59 Å². The highest BCUT2D eigenvalue weighted by Crippen LogP contribution is 2.31. The smallest absolute Gasteiger partial charge is 0.338 e. The molecule has 0 amide bonds. The van der Waals surface area contributed by atoms with Crippen molar-refractivity contribution in [2.45, 2.75) is 32.9 Å². The van der Waals surface area contributed by atoms with Crippen LogP contribution >= 0.6 is 22.9 Å². The Morgan fingerprint density at radius 3 is 2.59 bits per heavy atom. The molecule has 1 atom stereocenters. The first-order chi connectivity index (χ1) is 19.9. The molecule has 4 aromatic rings. The first-order valence-corrected chi connectivity index (χ1v) is 14.4. The number of carbonyl (C=O) groups is 1. The minimum atomic E-state index is -0.685. The topological polar surface area (TPSA) is 69.9 Å². The number of esters is 1. The average molecular weight is 585 g/mol. The van der Waals surface area contributed by atoms with Crippen molar-refractivity contribution < 1.29 is 14.3 Å². The minimum Gasteiger partial charge on any atom is -0.489 e. The fraction of sp³-hybridized carbons (Fsp3) is 0.182. The van der Waals surface area contributed by atoms with Crippen LogP contribution in [0.15, 0.2) is 107 Å². The zero-order valence-corrected chi connectivity index (χ0v) is 24.4. The van der Waals surface area contributed by atoms with Gasteiger partial charge in [0.15, 0.2) is 4.80 Å². The van der Waals surface area contributed by atoms with Crippen LogP contribution in [-0.2, 0) is 22.6 Å². The number of hydrogen-bond acceptors (Lipinski definition) is 6. The summed E-state index contributed by atoms with van der Waals surface area (Å²) in [6, 6.07) is 22.3. The summed E-state index contributed by atoms with van der Waals surface area (Å²) in [5, 5.41) is 0.561. The van der Waals surface area contributed by atoms with Gasteiger partial charge < -0.3 is 9.47 Å². The molecule has 6 nitrogen and oxygen atoms in total. The molecule has 0 N–H and O–H groups in total. The van der Waals surface area contributed by atoms with E-state index in [1.807, 2.05) is 72.8 Å². The highest BCUT2D eigenvalue weighted by atomic mass is 35.5. The molecule has 8 heteroatoms. The number of hydrogen-bond donors (Lipinski definition) is 0. The summed E-state index contributed by atoms with van der Waals surface area (Å²) in [6.45, 7) is 8.07. The van der Waals surface area contributed by atoms with Gasteiger partial charge in [-0.3, -0.25) is 9.36 Å². The quantitative estimate of drug-likeness (QED) is 0.185. The maximum atomic E-state index is 13.9. The number of carbonyl (C=O) groups excluding carboxylic acids is 1. The molecule has 1 aliphatic rings. The molecular weight excluding hydrogens is 556 g/mol. The molecule has 3 aromatic carbocycles. The molecule has 0 bridgehead atoms. The Hall–Kier alpha value is -4.20. The highest BCUT2D eigenvalue weighted by molar-refractivity contribution is 7.07. The molecule has 0 aliphatic carbocycles. The molecule has 5 rings (SSSR count). The van der Waals surface area contributed by atoms with E-state index in [-0.39, 0.29) is 12.2 Å². The van der Waals surface area contributed by atoms with Gasteiger partial charge in [-0.1, -0.05) is 77.5 Å². The third kappa shape index (κ3) is 6.11. The van der Waals surface area contributed by atoms with E-state index in [2.05, 4.69) is 11.6 Å². The van der Waals surface area contributed by atoms with Crippen LogP contribution < -0.4 is 19.6 Å². The van der Waals surface area contributed by atoms with Gasteiger partial charge in [-0.15, -0.1) is 6.58 Å². The van der Waals surface area contributed by atoms with Crippen molar-refractivity contribution in [2.75, 3.05) is 6.61 Å². The van der Waals surface area contributed by atoms with E-state index < -0.39 is 12.0 Å². The van der Waals surface area contributed by atoms with E-state index in [0.29, 0.717) is 38.7 Å². The molecule has 0 radical (unpaired) electrons.